The monoisotopic (exact) mass is 340 g/mol. The van der Waals surface area contributed by atoms with E-state index >= 15 is 0 Å². The van der Waals surface area contributed by atoms with E-state index in [4.69, 9.17) is 9.47 Å². The van der Waals surface area contributed by atoms with Gasteiger partial charge >= 0.3 is 0 Å². The fourth-order valence-corrected chi connectivity index (χ4v) is 2.76. The fraction of sp³-hybridized carbons (Fsp3) is 0.333. The summed E-state index contributed by atoms with van der Waals surface area (Å²) in [6, 6.07) is 11.1. The van der Waals surface area contributed by atoms with E-state index in [0.29, 0.717) is 41.9 Å². The van der Waals surface area contributed by atoms with Crippen LogP contribution in [-0.2, 0) is 0 Å². The van der Waals surface area contributed by atoms with Crippen LogP contribution >= 0.6 is 0 Å². The summed E-state index contributed by atoms with van der Waals surface area (Å²) in [5.74, 6) is 1.12. The van der Waals surface area contributed by atoms with Gasteiger partial charge in [-0.15, -0.1) is 0 Å². The molecule has 0 saturated heterocycles. The highest BCUT2D eigenvalue weighted by Crippen LogP contribution is 2.24. The van der Waals surface area contributed by atoms with E-state index in [0.717, 1.165) is 11.1 Å². The van der Waals surface area contributed by atoms with Gasteiger partial charge in [0.15, 0.2) is 11.6 Å². The summed E-state index contributed by atoms with van der Waals surface area (Å²) >= 11 is 0. The Morgan fingerprint density at radius 2 is 1.16 bits per heavy atom. The number of aryl methyl sites for hydroxylation is 2. The van der Waals surface area contributed by atoms with Crippen LogP contribution in [0, 0.1) is 13.8 Å². The maximum atomic E-state index is 12.5. The molecule has 0 atom stereocenters. The third-order valence-electron chi connectivity index (χ3n) is 4.12. The third kappa shape index (κ3) is 4.69. The number of methoxy groups -OCH3 is 2. The largest absolute Gasteiger partial charge is 0.496 e. The maximum absolute atomic E-state index is 12.5. The van der Waals surface area contributed by atoms with Gasteiger partial charge in [0.25, 0.3) is 0 Å². The van der Waals surface area contributed by atoms with Gasteiger partial charge < -0.3 is 9.47 Å². The predicted molar refractivity (Wildman–Crippen MR) is 98.0 cm³/mol. The Labute approximate surface area is 148 Å². The van der Waals surface area contributed by atoms with E-state index in [-0.39, 0.29) is 11.6 Å². The van der Waals surface area contributed by atoms with Gasteiger partial charge in [-0.05, 0) is 44.5 Å². The van der Waals surface area contributed by atoms with Gasteiger partial charge in [-0.25, -0.2) is 0 Å². The van der Waals surface area contributed by atoms with Gasteiger partial charge in [-0.2, -0.15) is 0 Å². The summed E-state index contributed by atoms with van der Waals surface area (Å²) < 4.78 is 10.5. The number of carbonyl (C=O) groups excluding carboxylic acids is 2. The minimum absolute atomic E-state index is 0.00967. The quantitative estimate of drug-likeness (QED) is 0.661. The molecule has 132 valence electrons. The van der Waals surface area contributed by atoms with Crippen molar-refractivity contribution in [2.45, 2.75) is 33.1 Å². The predicted octanol–water partition coefficient (Wildman–Crippen LogP) is 4.56. The zero-order valence-electron chi connectivity index (χ0n) is 15.2. The lowest BCUT2D eigenvalue weighted by molar-refractivity contribution is 0.0954. The van der Waals surface area contributed by atoms with Crippen molar-refractivity contribution in [1.82, 2.24) is 0 Å². The van der Waals surface area contributed by atoms with Crippen molar-refractivity contribution in [3.05, 3.63) is 58.7 Å². The number of rotatable bonds is 8. The van der Waals surface area contributed by atoms with Crippen molar-refractivity contribution in [1.29, 1.82) is 0 Å². The second kappa shape index (κ2) is 8.47. The minimum Gasteiger partial charge on any atom is -0.496 e. The number of Topliss-reactive ketones (excluding diaryl/α,β-unsaturated/α-hetero) is 2. The Morgan fingerprint density at radius 1 is 0.760 bits per heavy atom. The summed E-state index contributed by atoms with van der Waals surface area (Å²) in [7, 11) is 3.10. The van der Waals surface area contributed by atoms with E-state index in [1.54, 1.807) is 26.4 Å². The molecule has 4 heteroatoms. The summed E-state index contributed by atoms with van der Waals surface area (Å²) in [5, 5.41) is 0. The number of hydrogen-bond acceptors (Lipinski definition) is 4. The Bertz CT molecular complexity index is 712. The lowest BCUT2D eigenvalue weighted by atomic mass is 9.99. The highest BCUT2D eigenvalue weighted by molar-refractivity contribution is 6.01. The van der Waals surface area contributed by atoms with Crippen LogP contribution in [0.25, 0.3) is 0 Å². The van der Waals surface area contributed by atoms with Gasteiger partial charge in [0, 0.05) is 12.8 Å². The standard InChI is InChI=1S/C21H24O4/c1-14-8-10-20(24-3)16(12-14)18(22)6-5-7-19(23)17-13-15(2)9-11-21(17)25-4/h8-13H,5-7H2,1-4H3. The highest BCUT2D eigenvalue weighted by Gasteiger charge is 2.15. The molecule has 25 heavy (non-hydrogen) atoms. The normalized spacial score (nSPS) is 10.4. The Morgan fingerprint density at radius 3 is 1.52 bits per heavy atom. The van der Waals surface area contributed by atoms with Crippen LogP contribution in [0.5, 0.6) is 11.5 Å². The zero-order chi connectivity index (χ0) is 18.4. The van der Waals surface area contributed by atoms with Crippen LogP contribution in [0.2, 0.25) is 0 Å². The molecular weight excluding hydrogens is 316 g/mol. The van der Waals surface area contributed by atoms with Gasteiger partial charge in [-0.1, -0.05) is 23.3 Å². The molecule has 0 spiro atoms. The van der Waals surface area contributed by atoms with Crippen molar-refractivity contribution in [2.24, 2.45) is 0 Å². The average molecular weight is 340 g/mol. The first-order chi connectivity index (χ1) is 12.0. The van der Waals surface area contributed by atoms with Gasteiger partial charge in [0.2, 0.25) is 0 Å². The summed E-state index contributed by atoms with van der Waals surface area (Å²) in [4.78, 5) is 24.9. The smallest absolute Gasteiger partial charge is 0.166 e. The number of hydrogen-bond donors (Lipinski definition) is 0. The Hall–Kier alpha value is -2.62. The Kier molecular flexibility index (Phi) is 6.34. The first kappa shape index (κ1) is 18.7. The number of ether oxygens (including phenoxy) is 2. The second-order valence-corrected chi connectivity index (χ2v) is 6.11. The highest BCUT2D eigenvalue weighted by atomic mass is 16.5. The summed E-state index contributed by atoms with van der Waals surface area (Å²) in [6.45, 7) is 3.87. The first-order valence-corrected chi connectivity index (χ1v) is 8.32. The molecule has 0 aliphatic heterocycles. The molecule has 0 aromatic heterocycles. The van der Waals surface area contributed by atoms with E-state index in [2.05, 4.69) is 0 Å². The van der Waals surface area contributed by atoms with Gasteiger partial charge in [-0.3, -0.25) is 9.59 Å². The van der Waals surface area contributed by atoms with E-state index in [1.807, 2.05) is 38.1 Å². The van der Waals surface area contributed by atoms with Crippen LogP contribution in [0.3, 0.4) is 0 Å². The van der Waals surface area contributed by atoms with Gasteiger partial charge in [0.1, 0.15) is 11.5 Å². The SMILES string of the molecule is COc1ccc(C)cc1C(=O)CCCC(=O)c1cc(C)ccc1OC. The topological polar surface area (TPSA) is 52.6 Å². The van der Waals surface area contributed by atoms with Crippen LogP contribution in [0.4, 0.5) is 0 Å². The summed E-state index contributed by atoms with van der Waals surface area (Å²) in [6.07, 6.45) is 1.10. The zero-order valence-corrected chi connectivity index (χ0v) is 15.2. The average Bonchev–Trinajstić information content (AvgIpc) is 2.61. The molecule has 4 nitrogen and oxygen atoms in total. The van der Waals surface area contributed by atoms with E-state index < -0.39 is 0 Å². The molecular formula is C21H24O4. The molecule has 0 bridgehead atoms. The molecule has 0 amide bonds. The molecule has 0 aliphatic carbocycles. The number of ketones is 2. The molecule has 0 fully saturated rings. The van der Waals surface area contributed by atoms with Crippen LogP contribution < -0.4 is 9.47 Å². The lowest BCUT2D eigenvalue weighted by Gasteiger charge is -2.10. The lowest BCUT2D eigenvalue weighted by Crippen LogP contribution is -2.06. The first-order valence-electron chi connectivity index (χ1n) is 8.32. The summed E-state index contributed by atoms with van der Waals surface area (Å²) in [5.41, 5.74) is 3.15. The van der Waals surface area contributed by atoms with Gasteiger partial charge in [0.05, 0.1) is 25.3 Å². The molecule has 0 saturated carbocycles. The molecule has 2 rings (SSSR count). The molecule has 0 aliphatic rings. The van der Waals surface area contributed by atoms with Crippen molar-refractivity contribution < 1.29 is 19.1 Å². The Balaban J connectivity index is 2.01. The van der Waals surface area contributed by atoms with Crippen molar-refractivity contribution in [2.75, 3.05) is 14.2 Å². The molecule has 0 radical (unpaired) electrons. The van der Waals surface area contributed by atoms with Crippen molar-refractivity contribution in [3.8, 4) is 11.5 Å². The van der Waals surface area contributed by atoms with Crippen LogP contribution in [-0.4, -0.2) is 25.8 Å². The number of benzene rings is 2. The van der Waals surface area contributed by atoms with E-state index in [9.17, 15) is 9.59 Å². The molecule has 0 unspecified atom stereocenters. The van der Waals surface area contributed by atoms with Crippen LogP contribution in [0.1, 0.15) is 51.1 Å². The van der Waals surface area contributed by atoms with Crippen molar-refractivity contribution in [3.63, 3.8) is 0 Å². The minimum atomic E-state index is -0.00967. The molecule has 0 N–H and O–H groups in total. The fourth-order valence-electron chi connectivity index (χ4n) is 2.76. The maximum Gasteiger partial charge on any atom is 0.166 e. The van der Waals surface area contributed by atoms with E-state index in [1.165, 1.54) is 0 Å². The second-order valence-electron chi connectivity index (χ2n) is 6.11. The van der Waals surface area contributed by atoms with Crippen molar-refractivity contribution >= 4 is 11.6 Å². The number of carbonyl (C=O) groups is 2. The molecule has 2 aromatic carbocycles. The third-order valence-corrected chi connectivity index (χ3v) is 4.12. The molecule has 0 heterocycles. The molecule has 2 aromatic rings. The van der Waals surface area contributed by atoms with Crippen LogP contribution in [0.15, 0.2) is 36.4 Å².